The highest BCUT2D eigenvalue weighted by Gasteiger charge is 2.50. The molecule has 15 rings (SSSR count). The summed E-state index contributed by atoms with van der Waals surface area (Å²) >= 11 is 12.0. The fourth-order valence-electron chi connectivity index (χ4n) is 15.4. The highest BCUT2D eigenvalue weighted by atomic mass is 32.2. The normalized spacial score (nSPS) is 26.3. The third kappa shape index (κ3) is 26.3. The SMILES string of the molecule is C.C.C=P(C)(C)CC[C@H]1O[C@@H](n2c(SCCCCC)nc3c(=O)[nH]c(C)nc32)[C@H](O)[C@@H]1O.C=P(C)(C)CC[C@H]1O[C@@H](n2ccc3c(=S)nc(C)[nH]c32)[C@H](O)[C@@H]1O.C=P(C)(C)CC[C@H]1O[C@@H](n2cnc3c(=O)[nH]c(N(C)C)nc32)[C@H](O)[C@@H]1O.C=P(C)(C)CC[C@H]1O[C@@H](n2cnc3c(=O)[nH]c(NC)nc32)[C@H](O)[C@@H]1O.C=P(C)(C)CC[C@H]1O[C@@H](n2cnc3c(=S)nc(C)[nH]c32)[C@H](O)[C@@H]1O. The largest absolute Gasteiger partial charge is 0.388 e. The van der Waals surface area contributed by atoms with E-state index in [2.05, 4.69) is 180 Å². The number of thioether (sulfide) groups is 1. The topological polar surface area (TPSA) is 535 Å². The van der Waals surface area contributed by atoms with E-state index in [1.165, 1.54) is 33.6 Å². The number of nitrogens with zero attached hydrogens (tertiary/aromatic N) is 15. The number of hydrogen-bond acceptors (Lipinski definition) is 32. The van der Waals surface area contributed by atoms with Crippen LogP contribution in [0.1, 0.15) is 122 Å². The lowest BCUT2D eigenvalue weighted by Crippen LogP contribution is -2.32. The number of H-pyrrole nitrogens is 5. The number of fused-ring (bicyclic) bond motifs is 5. The van der Waals surface area contributed by atoms with E-state index in [-0.39, 0.29) is 59.7 Å². The maximum absolute atomic E-state index is 12.4. The number of aromatic nitrogens is 19. The Morgan fingerprint density at radius 1 is 0.443 bits per heavy atom. The molecule has 0 unspecified atom stereocenters. The van der Waals surface area contributed by atoms with Gasteiger partial charge in [-0.25, -0.2) is 34.9 Å². The van der Waals surface area contributed by atoms with E-state index in [1.807, 2.05) is 13.0 Å². The highest BCUT2D eigenvalue weighted by molar-refractivity contribution is 7.99. The average molecular weight is 1980 g/mol. The molecule has 131 heavy (non-hydrogen) atoms. The predicted molar refractivity (Wildman–Crippen MR) is 540 cm³/mol. The first-order valence-corrected chi connectivity index (χ1v) is 59.7. The fraction of sp³-hybridized carbons (Fsp3) is 0.631. The summed E-state index contributed by atoms with van der Waals surface area (Å²) < 4.78 is 38.9. The van der Waals surface area contributed by atoms with Crippen molar-refractivity contribution in [3.05, 3.63) is 89.1 Å². The minimum atomic E-state index is -1.28. The lowest BCUT2D eigenvalue weighted by molar-refractivity contribution is -0.0400. The van der Waals surface area contributed by atoms with Gasteiger partial charge in [-0.05, 0) is 163 Å². The molecule has 5 saturated heterocycles. The molecule has 39 nitrogen and oxygen atoms in total. The van der Waals surface area contributed by atoms with Crippen molar-refractivity contribution in [1.82, 2.24) is 92.6 Å². The molecule has 0 amide bonds. The van der Waals surface area contributed by atoms with Crippen LogP contribution in [0.2, 0.25) is 0 Å². The lowest BCUT2D eigenvalue weighted by atomic mass is 10.1. The van der Waals surface area contributed by atoms with Gasteiger partial charge in [0.05, 0.1) is 54.9 Å². The maximum Gasteiger partial charge on any atom is 0.280 e. The minimum absolute atomic E-state index is 0. The number of aliphatic hydroxyl groups excluding tert-OH is 10. The first kappa shape index (κ1) is 108. The number of aromatic amines is 5. The summed E-state index contributed by atoms with van der Waals surface area (Å²) in [6, 6.07) is 1.85. The lowest BCUT2D eigenvalue weighted by Gasteiger charge is -2.20. The van der Waals surface area contributed by atoms with Crippen LogP contribution in [-0.2, 0) is 23.7 Å². The van der Waals surface area contributed by atoms with Crippen LogP contribution in [0.15, 0.2) is 50.8 Å². The number of nitrogens with one attached hydrogen (secondary N) is 6. The van der Waals surface area contributed by atoms with Gasteiger partial charge in [-0.3, -0.25) is 42.6 Å². The van der Waals surface area contributed by atoms with Crippen molar-refractivity contribution in [2.75, 3.05) is 135 Å². The summed E-state index contributed by atoms with van der Waals surface area (Å²) in [5.74, 6) is 3.31. The second kappa shape index (κ2) is 44.3. The molecule has 5 fully saturated rings. The Bertz CT molecular complexity index is 6040. The standard InChI is InChI=1S/C20H33N4O4PS.C16H26N5O4P.C16H24N3O3PS.C15H24N5O4P.C15H23N4O3PS.2CH4/c1-6-7-8-11-30-20-23-14-17(21-12(2)22-18(14)27)24(20)19-16(26)15(25)13(28-19)9-10-29(3,4)5;1-20(2)16-18-13-10(14(24)19-16)17-8-21(13)15-12(23)11(22)9(25-15)6-7-26(3,4)5;1-9-17-14-10(15(24)18-9)5-7-19(14)16-13(21)12(20)11(22-16)6-8-23(2,3)4;1-16-15-18-12-9(13(23)19-15)17-7-20(12)14-11(22)10(21)8(24-14)5-6-25(2,3)4;1-8-17-13-10(14(24)18-8)16-7-19(13)15-12(21)11(20)9(22-15)5-6-23(2,3)4;;/h13,15-16,19,25-26H,3,6-11H2,1-2,4-5H3,(H,21,22,27);8-9,11-12,15,22-23H,3,6-7H2,1-2,4-5H3,(H,18,19,24);5,7,11-13,16,20-21H,2,6,8H2,1,3-4H3,(H,17,18,24);7-8,10-11,14,21-22H,2,5-6H2,1,3-4H3,(H2,16,18,19,23);7,9,11-12,15,20-21H,2,5-6H2,1,3-4H3,(H,17,18,24);2*1H4/t13-,15-,16-,19-;9-,11-,12-,15-;11-,12-,13-,16-;8-,10-,11-,14-;9-,11-,12-,15-;;/m11111../s1. The van der Waals surface area contributed by atoms with Crippen LogP contribution in [-0.4, -0.2) is 391 Å². The molecular weight excluding hydrogens is 1840 g/mol. The van der Waals surface area contributed by atoms with Crippen molar-refractivity contribution >= 4 is 170 Å². The average Bonchev–Trinajstić information content (AvgIpc) is 2.01. The van der Waals surface area contributed by atoms with Crippen LogP contribution in [0.25, 0.3) is 55.7 Å². The summed E-state index contributed by atoms with van der Waals surface area (Å²) in [6.07, 6.45) is 21.3. The van der Waals surface area contributed by atoms with E-state index in [0.29, 0.717) is 92.4 Å². The Labute approximate surface area is 777 Å². The molecule has 5 aliphatic rings. The first-order valence-electron chi connectivity index (χ1n) is 42.6. The molecule has 0 spiro atoms. The van der Waals surface area contributed by atoms with E-state index < -0.39 is 157 Å². The Morgan fingerprint density at radius 2 is 0.809 bits per heavy atom. The molecule has 20 atom stereocenters. The number of imidazole rings is 4. The minimum Gasteiger partial charge on any atom is -0.388 e. The second-order valence-corrected chi connectivity index (χ2v) is 60.7. The molecule has 47 heteroatoms. The monoisotopic (exact) mass is 1980 g/mol. The molecule has 0 saturated carbocycles. The number of aliphatic hydroxyl groups is 10. The number of aryl methyl sites for hydroxylation is 3. The third-order valence-corrected chi connectivity index (χ3v) is 31.5. The number of rotatable bonds is 27. The van der Waals surface area contributed by atoms with Crippen LogP contribution >= 0.6 is 70.6 Å². The van der Waals surface area contributed by atoms with Gasteiger partial charge in [0.25, 0.3) is 16.7 Å². The Kier molecular flexibility index (Phi) is 36.6. The van der Waals surface area contributed by atoms with Crippen LogP contribution in [0, 0.1) is 30.1 Å². The number of hydrogen-bond donors (Lipinski definition) is 16. The Morgan fingerprint density at radius 3 is 1.24 bits per heavy atom. The zero-order chi connectivity index (χ0) is 94.9. The first-order chi connectivity index (χ1) is 60.2. The number of unbranched alkanes of at least 4 members (excludes halogenated alkanes) is 2. The molecule has 0 radical (unpaired) electrons. The van der Waals surface area contributed by atoms with Crippen molar-refractivity contribution in [2.24, 2.45) is 0 Å². The van der Waals surface area contributed by atoms with Crippen LogP contribution in [0.5, 0.6) is 0 Å². The molecule has 730 valence electrons. The van der Waals surface area contributed by atoms with E-state index in [9.17, 15) is 65.4 Å². The Balaban J connectivity index is 0.000000184. The summed E-state index contributed by atoms with van der Waals surface area (Å²) in [5.41, 5.74) is 2.35. The molecule has 0 aromatic carbocycles. The fourth-order valence-corrected chi connectivity index (χ4v) is 21.8. The smallest absolute Gasteiger partial charge is 0.280 e. The summed E-state index contributed by atoms with van der Waals surface area (Å²) in [6.45, 7) is 22.6. The van der Waals surface area contributed by atoms with Gasteiger partial charge in [0, 0.05) is 33.1 Å². The van der Waals surface area contributed by atoms with E-state index in [0.717, 1.165) is 66.9 Å². The summed E-state index contributed by atoms with van der Waals surface area (Å²) in [5, 5.41) is 109. The van der Waals surface area contributed by atoms with Crippen LogP contribution in [0.4, 0.5) is 11.9 Å². The van der Waals surface area contributed by atoms with Gasteiger partial charge in [0.1, 0.15) is 100.0 Å². The Hall–Kier alpha value is -6.49. The van der Waals surface area contributed by atoms with Crippen molar-refractivity contribution in [3.8, 4) is 0 Å². The van der Waals surface area contributed by atoms with Gasteiger partial charge in [-0.1, -0.05) is 70.8 Å². The van der Waals surface area contributed by atoms with Gasteiger partial charge in [-0.2, -0.15) is 9.97 Å². The van der Waals surface area contributed by atoms with Gasteiger partial charge in [0.2, 0.25) is 11.9 Å². The molecular formula is C84H138N21O18P5S3. The maximum atomic E-state index is 12.4. The van der Waals surface area contributed by atoms with E-state index in [4.69, 9.17) is 48.1 Å². The number of ether oxygens (including phenoxy) is 5. The number of anilines is 2. The third-order valence-electron chi connectivity index (χ3n) is 22.5. The van der Waals surface area contributed by atoms with Gasteiger partial charge in [0.15, 0.2) is 74.4 Å². The van der Waals surface area contributed by atoms with Crippen molar-refractivity contribution < 1.29 is 74.7 Å². The summed E-state index contributed by atoms with van der Waals surface area (Å²) in [4.78, 5) is 91.0. The zero-order valence-corrected chi connectivity index (χ0v) is 83.2. The zero-order valence-electron chi connectivity index (χ0n) is 76.3. The molecule has 5 aliphatic heterocycles. The predicted octanol–water partition coefficient (Wildman–Crippen LogP) is 7.12. The van der Waals surface area contributed by atoms with Gasteiger partial charge < -0.3 is 104 Å². The second-order valence-electron chi connectivity index (χ2n) is 37.3. The summed E-state index contributed by atoms with van der Waals surface area (Å²) in [7, 11) is 5.15. The quantitative estimate of drug-likeness (QED) is 0.0105. The van der Waals surface area contributed by atoms with E-state index >= 15 is 0 Å². The molecule has 0 bridgehead atoms. The molecule has 16 N–H and O–H groups in total. The van der Waals surface area contributed by atoms with Gasteiger partial charge >= 0.3 is 0 Å². The molecule has 15 heterocycles. The van der Waals surface area contributed by atoms with Crippen molar-refractivity contribution in [3.63, 3.8) is 0 Å². The van der Waals surface area contributed by atoms with Crippen LogP contribution < -0.4 is 26.9 Å². The molecule has 10 aromatic rings. The van der Waals surface area contributed by atoms with Crippen molar-refractivity contribution in [1.29, 1.82) is 0 Å². The van der Waals surface area contributed by atoms with Crippen LogP contribution in [0.3, 0.4) is 0 Å². The van der Waals surface area contributed by atoms with E-state index in [1.54, 1.807) is 66.1 Å². The highest BCUT2D eigenvalue weighted by Crippen LogP contribution is 2.46. The molecule has 0 aliphatic carbocycles. The van der Waals surface area contributed by atoms with Crippen molar-refractivity contribution in [2.45, 2.75) is 222 Å². The van der Waals surface area contributed by atoms with Gasteiger partial charge in [-0.15, -0.1) is 65.9 Å². The molecule has 10 aromatic heterocycles.